The zero-order chi connectivity index (χ0) is 36.6. The largest absolute Gasteiger partial charge is 0.331 e. The van der Waals surface area contributed by atoms with Crippen LogP contribution in [0.5, 0.6) is 0 Å². The molecule has 4 heteroatoms. The second kappa shape index (κ2) is 14.7. The van der Waals surface area contributed by atoms with Crippen molar-refractivity contribution in [3.8, 4) is 42.4 Å². The number of nitrogens with zero attached hydrogens (tertiary/aromatic N) is 1. The molecule has 1 nitrogen and oxygen atoms in total. The van der Waals surface area contributed by atoms with Crippen LogP contribution in [0.1, 0.15) is 4.88 Å². The van der Waals surface area contributed by atoms with E-state index in [2.05, 4.69) is 211 Å². The summed E-state index contributed by atoms with van der Waals surface area (Å²) in [6.07, 6.45) is 11.3. The number of anilines is 2. The van der Waals surface area contributed by atoms with E-state index in [1.54, 1.807) is 0 Å². The average Bonchev–Trinajstić information content (AvgIpc) is 3.99. The molecule has 3 aromatic heterocycles. The van der Waals surface area contributed by atoms with Gasteiger partial charge in [-0.25, -0.2) is 0 Å². The fraction of sp³-hybridized carbons (Fsp3) is 0.0196. The van der Waals surface area contributed by atoms with Gasteiger partial charge < -0.3 is 4.90 Å². The molecule has 0 aliphatic heterocycles. The number of benzene rings is 6. The van der Waals surface area contributed by atoms with E-state index < -0.39 is 0 Å². The van der Waals surface area contributed by atoms with Crippen molar-refractivity contribution >= 4 is 71.1 Å². The van der Waals surface area contributed by atoms with Gasteiger partial charge in [0, 0.05) is 51.1 Å². The molecular formula is C51H35NS3. The second-order valence-electron chi connectivity index (χ2n) is 13.7. The molecule has 262 valence electrons. The van der Waals surface area contributed by atoms with Crippen LogP contribution < -0.4 is 4.90 Å². The van der Waals surface area contributed by atoms with Gasteiger partial charge in [-0.15, -0.1) is 34.0 Å². The van der Waals surface area contributed by atoms with Crippen LogP contribution in [-0.4, -0.2) is 6.04 Å². The summed E-state index contributed by atoms with van der Waals surface area (Å²) in [5.41, 5.74) is 9.67. The van der Waals surface area contributed by atoms with Crippen molar-refractivity contribution in [2.75, 3.05) is 4.90 Å². The maximum atomic E-state index is 2.48. The van der Waals surface area contributed by atoms with Gasteiger partial charge in [0.2, 0.25) is 0 Å². The Bertz CT molecular complexity index is 2870. The summed E-state index contributed by atoms with van der Waals surface area (Å²) in [6.45, 7) is 0. The fourth-order valence-electron chi connectivity index (χ4n) is 7.48. The van der Waals surface area contributed by atoms with E-state index in [0.29, 0.717) is 0 Å². The molecule has 1 unspecified atom stereocenters. The minimum atomic E-state index is -0.0230. The normalized spacial score (nSPS) is 14.0. The first-order valence-corrected chi connectivity index (χ1v) is 21.0. The first kappa shape index (κ1) is 33.5. The SMILES string of the molecule is C1=CC(c2ccc(-c3ccccc3)s2)=CC(N(c2ccc(-c3ccc4sc5ccccc5c4c3)cc2)c2cccc(-c3ccc(-c4ccccc4)s3)c2)C=C1. The Morgan fingerprint density at radius 2 is 1.00 bits per heavy atom. The highest BCUT2D eigenvalue weighted by Gasteiger charge is 2.21. The van der Waals surface area contributed by atoms with Crippen molar-refractivity contribution in [3.05, 3.63) is 211 Å². The Kier molecular flexibility index (Phi) is 8.93. The van der Waals surface area contributed by atoms with Crippen LogP contribution in [0.4, 0.5) is 11.4 Å². The predicted octanol–water partition coefficient (Wildman–Crippen LogP) is 15.6. The van der Waals surface area contributed by atoms with Crippen molar-refractivity contribution in [1.29, 1.82) is 0 Å². The topological polar surface area (TPSA) is 3.24 Å². The zero-order valence-corrected chi connectivity index (χ0v) is 32.3. The predicted molar refractivity (Wildman–Crippen MR) is 242 cm³/mol. The average molecular weight is 758 g/mol. The van der Waals surface area contributed by atoms with Gasteiger partial charge in [0.1, 0.15) is 0 Å². The van der Waals surface area contributed by atoms with Gasteiger partial charge in [0.25, 0.3) is 0 Å². The van der Waals surface area contributed by atoms with Gasteiger partial charge >= 0.3 is 0 Å². The summed E-state index contributed by atoms with van der Waals surface area (Å²) in [5, 5.41) is 2.65. The molecule has 10 rings (SSSR count). The molecule has 9 aromatic rings. The Labute approximate surface area is 333 Å². The van der Waals surface area contributed by atoms with E-state index in [9.17, 15) is 0 Å². The summed E-state index contributed by atoms with van der Waals surface area (Å²) < 4.78 is 2.66. The highest BCUT2D eigenvalue weighted by molar-refractivity contribution is 7.25. The molecule has 1 atom stereocenters. The lowest BCUT2D eigenvalue weighted by molar-refractivity contribution is 0.946. The van der Waals surface area contributed by atoms with Crippen LogP contribution in [0.3, 0.4) is 0 Å². The lowest BCUT2D eigenvalue weighted by Crippen LogP contribution is -2.27. The Hall–Kier alpha value is -6.04. The maximum Gasteiger partial charge on any atom is 0.0718 e. The van der Waals surface area contributed by atoms with E-state index in [1.807, 2.05) is 34.0 Å². The van der Waals surface area contributed by atoms with Crippen molar-refractivity contribution in [2.45, 2.75) is 6.04 Å². The molecule has 0 saturated carbocycles. The standard InChI is InChI=1S/C51H35NS3/c1-3-12-36(13-4-1)46-28-30-48(53-46)39-16-7-8-18-42(32-39)52(43-19-11-17-40(33-43)49-31-29-47(54-49)37-14-5-2-6-15-37)41-25-22-35(23-26-41)38-24-27-51-45(34-38)44-20-9-10-21-50(44)55-51/h1-34,42H. The van der Waals surface area contributed by atoms with Crippen LogP contribution >= 0.6 is 34.0 Å². The number of hydrogen-bond acceptors (Lipinski definition) is 4. The minimum Gasteiger partial charge on any atom is -0.331 e. The van der Waals surface area contributed by atoms with Crippen LogP contribution in [-0.2, 0) is 0 Å². The zero-order valence-electron chi connectivity index (χ0n) is 29.9. The molecule has 0 saturated heterocycles. The minimum absolute atomic E-state index is 0.0230. The third-order valence-electron chi connectivity index (χ3n) is 10.2. The number of thiophene rings is 3. The molecular weight excluding hydrogens is 723 g/mol. The summed E-state index contributed by atoms with van der Waals surface area (Å²) in [4.78, 5) is 7.55. The van der Waals surface area contributed by atoms with Crippen LogP contribution in [0.15, 0.2) is 206 Å². The van der Waals surface area contributed by atoms with E-state index >= 15 is 0 Å². The second-order valence-corrected chi connectivity index (χ2v) is 16.9. The number of rotatable bonds is 8. The summed E-state index contributed by atoms with van der Waals surface area (Å²) in [6, 6.07) is 64.1. The molecule has 0 bridgehead atoms. The smallest absolute Gasteiger partial charge is 0.0718 e. The monoisotopic (exact) mass is 757 g/mol. The van der Waals surface area contributed by atoms with Gasteiger partial charge in [-0.3, -0.25) is 0 Å². The van der Waals surface area contributed by atoms with Crippen molar-refractivity contribution in [2.24, 2.45) is 0 Å². The Morgan fingerprint density at radius 3 is 1.76 bits per heavy atom. The van der Waals surface area contributed by atoms with Gasteiger partial charge in [-0.2, -0.15) is 0 Å². The summed E-state index contributed by atoms with van der Waals surface area (Å²) >= 11 is 5.55. The summed E-state index contributed by atoms with van der Waals surface area (Å²) in [5.74, 6) is 0. The summed E-state index contributed by atoms with van der Waals surface area (Å²) in [7, 11) is 0. The third-order valence-corrected chi connectivity index (χ3v) is 13.7. The highest BCUT2D eigenvalue weighted by atomic mass is 32.1. The molecule has 1 aliphatic carbocycles. The number of fused-ring (bicyclic) bond motifs is 3. The van der Waals surface area contributed by atoms with Gasteiger partial charge in [0.05, 0.1) is 6.04 Å². The molecule has 0 radical (unpaired) electrons. The van der Waals surface area contributed by atoms with Crippen LogP contribution in [0, 0.1) is 0 Å². The Balaban J connectivity index is 1.05. The van der Waals surface area contributed by atoms with Gasteiger partial charge in [-0.1, -0.05) is 133 Å². The molecule has 1 aliphatic rings. The molecule has 3 heterocycles. The highest BCUT2D eigenvalue weighted by Crippen LogP contribution is 2.41. The van der Waals surface area contributed by atoms with Gasteiger partial charge in [-0.05, 0) is 106 Å². The van der Waals surface area contributed by atoms with E-state index in [1.165, 1.54) is 73.1 Å². The van der Waals surface area contributed by atoms with E-state index in [4.69, 9.17) is 0 Å². The third kappa shape index (κ3) is 6.70. The first-order valence-electron chi connectivity index (χ1n) is 18.5. The number of allylic oxidation sites excluding steroid dienone is 4. The van der Waals surface area contributed by atoms with E-state index in [-0.39, 0.29) is 6.04 Å². The molecule has 0 N–H and O–H groups in total. The molecule has 0 fully saturated rings. The molecule has 0 spiro atoms. The van der Waals surface area contributed by atoms with Crippen LogP contribution in [0.25, 0.3) is 68.2 Å². The quantitative estimate of drug-likeness (QED) is 0.149. The Morgan fingerprint density at radius 1 is 0.382 bits per heavy atom. The molecule has 0 amide bonds. The lowest BCUT2D eigenvalue weighted by Gasteiger charge is -2.31. The molecule has 55 heavy (non-hydrogen) atoms. The molecule has 6 aromatic carbocycles. The fourth-order valence-corrected chi connectivity index (χ4v) is 10.6. The van der Waals surface area contributed by atoms with E-state index in [0.717, 1.165) is 11.4 Å². The van der Waals surface area contributed by atoms with Gasteiger partial charge in [0.15, 0.2) is 0 Å². The van der Waals surface area contributed by atoms with Crippen LogP contribution in [0.2, 0.25) is 0 Å². The lowest BCUT2D eigenvalue weighted by atomic mass is 10.0. The maximum absolute atomic E-state index is 2.48. The van der Waals surface area contributed by atoms with Crippen molar-refractivity contribution in [3.63, 3.8) is 0 Å². The number of hydrogen-bond donors (Lipinski definition) is 0. The van der Waals surface area contributed by atoms with Crippen molar-refractivity contribution in [1.82, 2.24) is 0 Å². The first-order chi connectivity index (χ1) is 27.2. The van der Waals surface area contributed by atoms with Crippen molar-refractivity contribution < 1.29 is 0 Å².